The van der Waals surface area contributed by atoms with Crippen molar-refractivity contribution in [3.63, 3.8) is 0 Å². The van der Waals surface area contributed by atoms with Gasteiger partial charge in [0.05, 0.1) is 12.2 Å². The van der Waals surface area contributed by atoms with Crippen LogP contribution in [0.4, 0.5) is 0 Å². The van der Waals surface area contributed by atoms with E-state index in [-0.39, 0.29) is 17.3 Å². The van der Waals surface area contributed by atoms with Crippen LogP contribution < -0.4 is 0 Å². The van der Waals surface area contributed by atoms with Gasteiger partial charge in [-0.1, -0.05) is 53.2 Å². The van der Waals surface area contributed by atoms with Gasteiger partial charge in [-0.15, -0.1) is 0 Å². The van der Waals surface area contributed by atoms with Gasteiger partial charge >= 0.3 is 16.4 Å². The summed E-state index contributed by atoms with van der Waals surface area (Å²) in [6.45, 7) is 15.1. The zero-order chi connectivity index (χ0) is 28.7. The van der Waals surface area contributed by atoms with Crippen molar-refractivity contribution in [1.29, 1.82) is 0 Å². The van der Waals surface area contributed by atoms with Crippen molar-refractivity contribution in [1.82, 2.24) is 0 Å². The van der Waals surface area contributed by atoms with E-state index < -0.39 is 40.1 Å². The summed E-state index contributed by atoms with van der Waals surface area (Å²) in [5.74, 6) is 2.01. The predicted molar refractivity (Wildman–Crippen MR) is 146 cm³/mol. The number of carbonyl (C=O) groups is 1. The normalized spacial score (nSPS) is 46.9. The molecule has 8 nitrogen and oxygen atoms in total. The van der Waals surface area contributed by atoms with Gasteiger partial charge in [0.1, 0.15) is 18.3 Å². The summed E-state index contributed by atoms with van der Waals surface area (Å²) in [6, 6.07) is 0. The highest BCUT2D eigenvalue weighted by molar-refractivity contribution is 7.80. The minimum absolute atomic E-state index is 0.173. The lowest BCUT2D eigenvalue weighted by atomic mass is 9.47. The molecule has 9 heteroatoms. The second kappa shape index (κ2) is 10.1. The van der Waals surface area contributed by atoms with Crippen molar-refractivity contribution in [3.05, 3.63) is 11.6 Å². The Morgan fingerprint density at radius 2 is 1.74 bits per heavy atom. The van der Waals surface area contributed by atoms with Crippen LogP contribution >= 0.6 is 0 Å². The predicted octanol–water partition coefficient (Wildman–Crippen LogP) is 4.96. The van der Waals surface area contributed by atoms with Crippen molar-refractivity contribution in [2.75, 3.05) is 0 Å². The molecule has 0 radical (unpaired) electrons. The number of aliphatic hydroxyl groups excluding tert-OH is 1. The summed E-state index contributed by atoms with van der Waals surface area (Å²) < 4.78 is 50.0. The van der Waals surface area contributed by atoms with E-state index in [4.69, 9.17) is 13.7 Å². The lowest BCUT2D eigenvalue weighted by Gasteiger charge is -2.59. The van der Waals surface area contributed by atoms with E-state index in [0.29, 0.717) is 54.6 Å². The summed E-state index contributed by atoms with van der Waals surface area (Å²) in [7, 11) is -4.81. The van der Waals surface area contributed by atoms with Crippen LogP contribution in [0, 0.1) is 52.3 Å². The van der Waals surface area contributed by atoms with Crippen LogP contribution in [-0.4, -0.2) is 54.6 Å². The maximum Gasteiger partial charge on any atom is 0.397 e. The Morgan fingerprint density at radius 3 is 2.36 bits per heavy atom. The molecule has 0 aromatic carbocycles. The fourth-order valence-corrected chi connectivity index (χ4v) is 10.2. The number of fused-ring (bicyclic) bond motifs is 5. The Morgan fingerprint density at radius 1 is 1.08 bits per heavy atom. The van der Waals surface area contributed by atoms with Gasteiger partial charge in [-0.2, -0.15) is 8.42 Å². The molecule has 4 aliphatic carbocycles. The highest BCUT2D eigenvalue weighted by Gasteiger charge is 2.63. The summed E-state index contributed by atoms with van der Waals surface area (Å²) in [5, 5.41) is 11.0. The minimum Gasteiger partial charge on any atom is -0.460 e. The molecule has 0 bridgehead atoms. The van der Waals surface area contributed by atoms with Crippen molar-refractivity contribution in [3.8, 4) is 0 Å². The number of rotatable bonds is 7. The number of carbonyl (C=O) groups excluding carboxylic acids is 1. The highest BCUT2D eigenvalue weighted by Crippen LogP contribution is 2.68. The maximum absolute atomic E-state index is 11.9. The molecule has 0 spiro atoms. The molecule has 1 heterocycles. The molecular weight excluding hydrogens is 520 g/mol. The van der Waals surface area contributed by atoms with E-state index in [2.05, 4.69) is 47.6 Å². The number of hydrogen-bond acceptors (Lipinski definition) is 7. The molecule has 0 aromatic heterocycles. The second-order valence-electron chi connectivity index (χ2n) is 14.2. The van der Waals surface area contributed by atoms with Crippen LogP contribution in [0.15, 0.2) is 11.6 Å². The standard InChI is InChI=1S/C30H48O8S/c1-15(2)16(3)26-27(37-26)17(4)20-10-11-21-19-8-9-23-28(38-39(33,34)35)25(32)24(36-18(5)31)14-30(23,7)22(19)12-13-29(20,21)6/h8,15-17,20-28,32H,9-14H2,1-7H3,(H,33,34,35)/t16-,17+,20-,21?,22?,23?,24-,25+,26+,27+,28+,29-,30-/m1/s1. The number of allylic oxidation sites excluding steroid dienone is 2. The molecule has 2 N–H and O–H groups in total. The molecular formula is C30H48O8S. The third-order valence-electron chi connectivity index (χ3n) is 12.0. The summed E-state index contributed by atoms with van der Waals surface area (Å²) >= 11 is 0. The first-order valence-electron chi connectivity index (χ1n) is 14.9. The lowest BCUT2D eigenvalue weighted by molar-refractivity contribution is -0.189. The Labute approximate surface area is 234 Å². The Kier molecular flexibility index (Phi) is 7.62. The molecule has 3 saturated carbocycles. The molecule has 13 atom stereocenters. The fourth-order valence-electron chi connectivity index (χ4n) is 9.67. The van der Waals surface area contributed by atoms with E-state index >= 15 is 0 Å². The quantitative estimate of drug-likeness (QED) is 0.191. The van der Waals surface area contributed by atoms with Crippen molar-refractivity contribution in [2.45, 2.75) is 118 Å². The highest BCUT2D eigenvalue weighted by atomic mass is 32.3. The zero-order valence-electron chi connectivity index (χ0n) is 24.5. The third kappa shape index (κ3) is 5.02. The van der Waals surface area contributed by atoms with Gasteiger partial charge in [-0.05, 0) is 90.8 Å². The molecule has 1 aliphatic heterocycles. The number of epoxide rings is 1. The van der Waals surface area contributed by atoms with Crippen LogP contribution in [0.1, 0.15) is 87.0 Å². The van der Waals surface area contributed by atoms with Gasteiger partial charge in [0.2, 0.25) is 0 Å². The topological polar surface area (TPSA) is 123 Å². The Balaban J connectivity index is 1.41. The summed E-state index contributed by atoms with van der Waals surface area (Å²) in [5.41, 5.74) is 1.18. The van der Waals surface area contributed by atoms with E-state index in [1.54, 1.807) is 0 Å². The van der Waals surface area contributed by atoms with Crippen molar-refractivity contribution < 1.29 is 36.5 Å². The van der Waals surface area contributed by atoms with Gasteiger partial charge in [-0.3, -0.25) is 9.35 Å². The summed E-state index contributed by atoms with van der Waals surface area (Å²) in [4.78, 5) is 11.9. The first kappa shape index (κ1) is 29.5. The lowest BCUT2D eigenvalue weighted by Crippen LogP contribution is -2.61. The Bertz CT molecular complexity index is 1100. The SMILES string of the molecule is CC(=O)O[C@@H]1C[C@]2(C)C3CC[C@@]4(C)C(CC[C@@H]4[C@H](C)[C@@H]4O[C@H]4[C@H](C)C(C)C)C3=CCC2[C@H](OS(=O)(=O)O)[C@H]1O. The zero-order valence-corrected chi connectivity index (χ0v) is 25.3. The van der Waals surface area contributed by atoms with Crippen LogP contribution in [-0.2, 0) is 28.9 Å². The van der Waals surface area contributed by atoms with Gasteiger partial charge in [0.25, 0.3) is 0 Å². The van der Waals surface area contributed by atoms with E-state index in [0.717, 1.165) is 19.3 Å². The average Bonchev–Trinajstić information content (AvgIpc) is 3.54. The minimum atomic E-state index is -4.81. The van der Waals surface area contributed by atoms with Crippen molar-refractivity contribution >= 4 is 16.4 Å². The van der Waals surface area contributed by atoms with Gasteiger partial charge in [0.15, 0.2) is 0 Å². The second-order valence-corrected chi connectivity index (χ2v) is 15.3. The van der Waals surface area contributed by atoms with Gasteiger partial charge < -0.3 is 14.6 Å². The average molecular weight is 569 g/mol. The monoisotopic (exact) mass is 568 g/mol. The smallest absolute Gasteiger partial charge is 0.397 e. The van der Waals surface area contributed by atoms with Crippen LogP contribution in [0.5, 0.6) is 0 Å². The largest absolute Gasteiger partial charge is 0.460 e. The Hall–Kier alpha value is -1.00. The number of esters is 1. The molecule has 5 aliphatic rings. The third-order valence-corrected chi connectivity index (χ3v) is 12.5. The number of hydrogen-bond donors (Lipinski definition) is 2. The number of aliphatic hydroxyl groups is 1. The van der Waals surface area contributed by atoms with E-state index in [9.17, 15) is 22.9 Å². The maximum atomic E-state index is 11.9. The van der Waals surface area contributed by atoms with Crippen LogP contribution in [0.25, 0.3) is 0 Å². The molecule has 5 rings (SSSR count). The molecule has 0 amide bonds. The van der Waals surface area contributed by atoms with E-state index in [1.165, 1.54) is 18.9 Å². The van der Waals surface area contributed by atoms with Crippen molar-refractivity contribution in [2.24, 2.45) is 52.3 Å². The molecule has 3 unspecified atom stereocenters. The van der Waals surface area contributed by atoms with Crippen LogP contribution in [0.2, 0.25) is 0 Å². The van der Waals surface area contributed by atoms with Crippen LogP contribution in [0.3, 0.4) is 0 Å². The number of ether oxygens (including phenoxy) is 2. The van der Waals surface area contributed by atoms with E-state index in [1.807, 2.05) is 0 Å². The molecule has 0 aromatic rings. The fraction of sp³-hybridized carbons (Fsp3) is 0.900. The molecule has 4 fully saturated rings. The summed E-state index contributed by atoms with van der Waals surface area (Å²) in [6.07, 6.45) is 4.88. The van der Waals surface area contributed by atoms with Gasteiger partial charge in [-0.25, -0.2) is 4.18 Å². The molecule has 222 valence electrons. The first-order valence-corrected chi connectivity index (χ1v) is 16.3. The molecule has 39 heavy (non-hydrogen) atoms. The van der Waals surface area contributed by atoms with Gasteiger partial charge in [0, 0.05) is 6.92 Å². The first-order chi connectivity index (χ1) is 18.1. The molecule has 1 saturated heterocycles.